The number of rotatable bonds is 4. The van der Waals surface area contributed by atoms with E-state index in [1.54, 1.807) is 6.92 Å². The summed E-state index contributed by atoms with van der Waals surface area (Å²) < 4.78 is 4.89. The van der Waals surface area contributed by atoms with E-state index in [-0.39, 0.29) is 12.4 Å². The van der Waals surface area contributed by atoms with E-state index in [2.05, 4.69) is 4.98 Å². The van der Waals surface area contributed by atoms with Crippen LogP contribution in [0.5, 0.6) is 0 Å². The van der Waals surface area contributed by atoms with Gasteiger partial charge in [-0.1, -0.05) is 30.3 Å². The summed E-state index contributed by atoms with van der Waals surface area (Å²) in [4.78, 5) is 15.7. The van der Waals surface area contributed by atoms with Crippen molar-refractivity contribution in [1.82, 2.24) is 4.98 Å². The number of aromatic nitrogens is 1. The van der Waals surface area contributed by atoms with Crippen molar-refractivity contribution in [2.45, 2.75) is 13.3 Å². The minimum atomic E-state index is -0.221. The summed E-state index contributed by atoms with van der Waals surface area (Å²) in [5.74, 6) is -0.221. The van der Waals surface area contributed by atoms with Crippen molar-refractivity contribution < 1.29 is 9.53 Å². The van der Waals surface area contributed by atoms with E-state index < -0.39 is 0 Å². The van der Waals surface area contributed by atoms with E-state index >= 15 is 0 Å². The van der Waals surface area contributed by atoms with Gasteiger partial charge < -0.3 is 4.74 Å². The maximum Gasteiger partial charge on any atom is 0.312 e. The highest BCUT2D eigenvalue weighted by Gasteiger charge is 2.09. The normalized spacial score (nSPS) is 10.2. The molecule has 17 heavy (non-hydrogen) atoms. The predicted octanol–water partition coefficient (Wildman–Crippen LogP) is 2.92. The molecule has 0 radical (unpaired) electrons. The molecular formula is C13H13NO2S. The number of esters is 1. The van der Waals surface area contributed by atoms with Crippen LogP contribution in [0.3, 0.4) is 0 Å². The van der Waals surface area contributed by atoms with Crippen LogP contribution in [-0.2, 0) is 16.0 Å². The summed E-state index contributed by atoms with van der Waals surface area (Å²) in [7, 11) is 0. The van der Waals surface area contributed by atoms with Crippen molar-refractivity contribution in [3.63, 3.8) is 0 Å². The summed E-state index contributed by atoms with van der Waals surface area (Å²) in [6, 6.07) is 9.92. The molecule has 0 spiro atoms. The third-order valence-corrected chi connectivity index (χ3v) is 3.07. The van der Waals surface area contributed by atoms with Gasteiger partial charge in [0, 0.05) is 10.9 Å². The highest BCUT2D eigenvalue weighted by atomic mass is 32.1. The Morgan fingerprint density at radius 2 is 2.12 bits per heavy atom. The third-order valence-electron chi connectivity index (χ3n) is 2.22. The molecule has 0 saturated heterocycles. The van der Waals surface area contributed by atoms with Crippen LogP contribution >= 0.6 is 11.3 Å². The van der Waals surface area contributed by atoms with Crippen molar-refractivity contribution in [3.8, 4) is 11.3 Å². The number of hydrogen-bond acceptors (Lipinski definition) is 4. The molecule has 0 fully saturated rings. The van der Waals surface area contributed by atoms with E-state index in [0.29, 0.717) is 6.61 Å². The molecule has 0 amide bonds. The summed E-state index contributed by atoms with van der Waals surface area (Å²) in [5.41, 5.74) is 1.98. The van der Waals surface area contributed by atoms with Gasteiger partial charge in [-0.05, 0) is 6.92 Å². The van der Waals surface area contributed by atoms with Crippen LogP contribution in [0.1, 0.15) is 11.9 Å². The first-order chi connectivity index (χ1) is 8.29. The zero-order chi connectivity index (χ0) is 12.1. The number of carbonyl (C=O) groups excluding carboxylic acids is 1. The summed E-state index contributed by atoms with van der Waals surface area (Å²) >= 11 is 1.49. The summed E-state index contributed by atoms with van der Waals surface area (Å²) in [6.45, 7) is 2.21. The van der Waals surface area contributed by atoms with Crippen molar-refractivity contribution in [3.05, 3.63) is 40.7 Å². The highest BCUT2D eigenvalue weighted by Crippen LogP contribution is 2.21. The van der Waals surface area contributed by atoms with Crippen LogP contribution in [0.2, 0.25) is 0 Å². The zero-order valence-electron chi connectivity index (χ0n) is 9.55. The van der Waals surface area contributed by atoms with E-state index in [1.165, 1.54) is 11.3 Å². The first kappa shape index (κ1) is 11.8. The maximum atomic E-state index is 11.3. The standard InChI is InChI=1S/C13H13NO2S/c1-2-16-13(15)8-12-14-11(9-17-12)10-6-4-3-5-7-10/h3-7,9H,2,8H2,1H3. The Morgan fingerprint density at radius 3 is 2.82 bits per heavy atom. The lowest BCUT2D eigenvalue weighted by Gasteiger charge is -1.98. The molecule has 2 rings (SSSR count). The fraction of sp³-hybridized carbons (Fsp3) is 0.231. The van der Waals surface area contributed by atoms with Crippen LogP contribution in [0, 0.1) is 0 Å². The van der Waals surface area contributed by atoms with E-state index in [0.717, 1.165) is 16.3 Å². The molecule has 4 heteroatoms. The average Bonchev–Trinajstić information content (AvgIpc) is 2.79. The Labute approximate surface area is 104 Å². The SMILES string of the molecule is CCOC(=O)Cc1nc(-c2ccccc2)cs1. The van der Waals surface area contributed by atoms with Gasteiger partial charge in [0.05, 0.1) is 18.7 Å². The fourth-order valence-electron chi connectivity index (χ4n) is 1.47. The molecule has 0 unspecified atom stereocenters. The highest BCUT2D eigenvalue weighted by molar-refractivity contribution is 7.10. The Hall–Kier alpha value is -1.68. The fourth-order valence-corrected chi connectivity index (χ4v) is 2.26. The van der Waals surface area contributed by atoms with Gasteiger partial charge in [-0.25, -0.2) is 4.98 Å². The van der Waals surface area contributed by atoms with Crippen molar-refractivity contribution in [2.75, 3.05) is 6.61 Å². The molecule has 1 heterocycles. The Bertz CT molecular complexity index is 493. The van der Waals surface area contributed by atoms with Crippen LogP contribution in [0.25, 0.3) is 11.3 Å². The number of thiazole rings is 1. The molecule has 1 aromatic carbocycles. The Kier molecular flexibility index (Phi) is 3.88. The number of benzene rings is 1. The Balaban J connectivity index is 2.09. The van der Waals surface area contributed by atoms with Gasteiger partial charge in [-0.3, -0.25) is 4.79 Å². The van der Waals surface area contributed by atoms with Gasteiger partial charge in [-0.15, -0.1) is 11.3 Å². The van der Waals surface area contributed by atoms with Gasteiger partial charge in [0.15, 0.2) is 0 Å². The molecule has 88 valence electrons. The molecule has 0 aliphatic heterocycles. The second kappa shape index (κ2) is 5.59. The quantitative estimate of drug-likeness (QED) is 0.780. The molecule has 0 bridgehead atoms. The Morgan fingerprint density at radius 1 is 1.35 bits per heavy atom. The smallest absolute Gasteiger partial charge is 0.312 e. The van der Waals surface area contributed by atoms with Crippen molar-refractivity contribution in [1.29, 1.82) is 0 Å². The number of carbonyl (C=O) groups is 1. The lowest BCUT2D eigenvalue weighted by molar-refractivity contribution is -0.142. The van der Waals surface area contributed by atoms with Gasteiger partial charge in [0.2, 0.25) is 0 Å². The van der Waals surface area contributed by atoms with E-state index in [1.807, 2.05) is 35.7 Å². The topological polar surface area (TPSA) is 39.2 Å². The van der Waals surface area contributed by atoms with Crippen molar-refractivity contribution in [2.24, 2.45) is 0 Å². The lowest BCUT2D eigenvalue weighted by Crippen LogP contribution is -2.07. The summed E-state index contributed by atoms with van der Waals surface area (Å²) in [5, 5.41) is 2.76. The van der Waals surface area contributed by atoms with Gasteiger partial charge in [-0.2, -0.15) is 0 Å². The molecular weight excluding hydrogens is 234 g/mol. The van der Waals surface area contributed by atoms with Crippen molar-refractivity contribution >= 4 is 17.3 Å². The van der Waals surface area contributed by atoms with E-state index in [9.17, 15) is 4.79 Å². The van der Waals surface area contributed by atoms with Crippen LogP contribution in [-0.4, -0.2) is 17.6 Å². The van der Waals surface area contributed by atoms with E-state index in [4.69, 9.17) is 4.74 Å². The number of ether oxygens (including phenoxy) is 1. The second-order valence-electron chi connectivity index (χ2n) is 3.47. The molecule has 0 saturated carbocycles. The second-order valence-corrected chi connectivity index (χ2v) is 4.42. The number of nitrogens with zero attached hydrogens (tertiary/aromatic N) is 1. The summed E-state index contributed by atoms with van der Waals surface area (Å²) in [6.07, 6.45) is 0.255. The molecule has 1 aromatic heterocycles. The molecule has 0 aliphatic rings. The molecule has 0 aliphatic carbocycles. The van der Waals surface area contributed by atoms with Gasteiger partial charge >= 0.3 is 5.97 Å². The van der Waals surface area contributed by atoms with Gasteiger partial charge in [0.25, 0.3) is 0 Å². The lowest BCUT2D eigenvalue weighted by atomic mass is 10.2. The number of hydrogen-bond donors (Lipinski definition) is 0. The monoisotopic (exact) mass is 247 g/mol. The molecule has 0 atom stereocenters. The third kappa shape index (κ3) is 3.14. The minimum Gasteiger partial charge on any atom is -0.466 e. The molecule has 0 N–H and O–H groups in total. The largest absolute Gasteiger partial charge is 0.466 e. The van der Waals surface area contributed by atoms with Crippen LogP contribution < -0.4 is 0 Å². The minimum absolute atomic E-state index is 0.221. The molecule has 3 nitrogen and oxygen atoms in total. The van der Waals surface area contributed by atoms with Crippen LogP contribution in [0.15, 0.2) is 35.7 Å². The molecule has 2 aromatic rings. The van der Waals surface area contributed by atoms with Crippen LogP contribution in [0.4, 0.5) is 0 Å². The maximum absolute atomic E-state index is 11.3. The average molecular weight is 247 g/mol. The zero-order valence-corrected chi connectivity index (χ0v) is 10.4. The first-order valence-corrected chi connectivity index (χ1v) is 6.33. The van der Waals surface area contributed by atoms with Gasteiger partial charge in [0.1, 0.15) is 5.01 Å². The predicted molar refractivity (Wildman–Crippen MR) is 67.9 cm³/mol. The first-order valence-electron chi connectivity index (χ1n) is 5.45.